The molecule has 0 aromatic heterocycles. The molecule has 2 aromatic rings. The van der Waals surface area contributed by atoms with E-state index in [2.05, 4.69) is 17.1 Å². The first-order valence-corrected chi connectivity index (χ1v) is 8.40. The summed E-state index contributed by atoms with van der Waals surface area (Å²) in [6.07, 6.45) is 0.824. The molecule has 0 unspecified atom stereocenters. The largest absolute Gasteiger partial charge is 0.504 e. The highest BCUT2D eigenvalue weighted by Gasteiger charge is 2.26. The fourth-order valence-electron chi connectivity index (χ4n) is 3.28. The van der Waals surface area contributed by atoms with E-state index in [-0.39, 0.29) is 17.4 Å². The lowest BCUT2D eigenvalue weighted by Gasteiger charge is -2.19. The van der Waals surface area contributed by atoms with Crippen LogP contribution in [-0.2, 0) is 0 Å². The molecule has 1 aliphatic rings. The Kier molecular flexibility index (Phi) is 4.84. The minimum atomic E-state index is 0.0250. The standard InChI is InChI=1S/C20H22N2O4/c1-5-13-11(2)21-22-20(12-6-7-18(25-3)16(23)8-12)15-10-19(26-4)17(24)9-14(13)15/h6-10,13,23-24H,5H2,1-4H3/t13-/m0/s1. The van der Waals surface area contributed by atoms with Gasteiger partial charge in [-0.1, -0.05) is 6.92 Å². The number of benzene rings is 2. The number of rotatable bonds is 4. The van der Waals surface area contributed by atoms with Crippen molar-refractivity contribution in [3.05, 3.63) is 47.0 Å². The van der Waals surface area contributed by atoms with E-state index in [1.54, 1.807) is 24.3 Å². The van der Waals surface area contributed by atoms with Crippen LogP contribution in [0, 0.1) is 0 Å². The van der Waals surface area contributed by atoms with Crippen molar-refractivity contribution in [1.82, 2.24) is 0 Å². The zero-order valence-corrected chi connectivity index (χ0v) is 15.3. The number of ether oxygens (including phenoxy) is 2. The van der Waals surface area contributed by atoms with Gasteiger partial charge in [-0.05, 0) is 49.2 Å². The lowest BCUT2D eigenvalue weighted by atomic mass is 9.85. The predicted molar refractivity (Wildman–Crippen MR) is 101 cm³/mol. The Morgan fingerprint density at radius 3 is 2.27 bits per heavy atom. The Labute approximate surface area is 152 Å². The highest BCUT2D eigenvalue weighted by atomic mass is 16.5. The van der Waals surface area contributed by atoms with Gasteiger partial charge < -0.3 is 19.7 Å². The first-order valence-electron chi connectivity index (χ1n) is 8.40. The first-order chi connectivity index (χ1) is 12.5. The second-order valence-corrected chi connectivity index (χ2v) is 6.15. The SMILES string of the molecule is CC[C@H]1C(C)=NN=C(c2ccc(OC)c(O)c2)c2cc(OC)c(O)cc21. The third-order valence-electron chi connectivity index (χ3n) is 4.65. The Bertz CT molecular complexity index is 903. The first kappa shape index (κ1) is 17.8. The van der Waals surface area contributed by atoms with Gasteiger partial charge in [0.1, 0.15) is 5.71 Å². The molecule has 0 fully saturated rings. The van der Waals surface area contributed by atoms with Crippen LogP contribution in [-0.4, -0.2) is 35.9 Å². The summed E-state index contributed by atoms with van der Waals surface area (Å²) in [4.78, 5) is 0. The van der Waals surface area contributed by atoms with Crippen molar-refractivity contribution in [3.63, 3.8) is 0 Å². The molecular weight excluding hydrogens is 332 g/mol. The zero-order chi connectivity index (χ0) is 18.8. The summed E-state index contributed by atoms with van der Waals surface area (Å²) < 4.78 is 10.4. The summed E-state index contributed by atoms with van der Waals surface area (Å²) >= 11 is 0. The van der Waals surface area contributed by atoms with Gasteiger partial charge in [0.2, 0.25) is 0 Å². The fourth-order valence-corrected chi connectivity index (χ4v) is 3.28. The van der Waals surface area contributed by atoms with Crippen molar-refractivity contribution in [3.8, 4) is 23.0 Å². The van der Waals surface area contributed by atoms with Crippen molar-refractivity contribution in [2.45, 2.75) is 26.2 Å². The lowest BCUT2D eigenvalue weighted by molar-refractivity contribution is 0.373. The summed E-state index contributed by atoms with van der Waals surface area (Å²) in [6.45, 7) is 4.00. The number of aromatic hydroxyl groups is 2. The summed E-state index contributed by atoms with van der Waals surface area (Å²) in [5.74, 6) is 0.893. The number of methoxy groups -OCH3 is 2. The predicted octanol–water partition coefficient (Wildman–Crippen LogP) is 3.84. The van der Waals surface area contributed by atoms with Crippen LogP contribution in [0.25, 0.3) is 0 Å². The normalized spacial score (nSPS) is 16.2. The minimum Gasteiger partial charge on any atom is -0.504 e. The molecule has 1 atom stereocenters. The van der Waals surface area contributed by atoms with Crippen molar-refractivity contribution >= 4 is 11.4 Å². The van der Waals surface area contributed by atoms with Crippen LogP contribution in [0.2, 0.25) is 0 Å². The highest BCUT2D eigenvalue weighted by Crippen LogP contribution is 2.38. The van der Waals surface area contributed by atoms with E-state index in [0.717, 1.165) is 23.3 Å². The molecule has 1 heterocycles. The van der Waals surface area contributed by atoms with Gasteiger partial charge >= 0.3 is 0 Å². The number of phenols is 2. The lowest BCUT2D eigenvalue weighted by Crippen LogP contribution is -2.12. The van der Waals surface area contributed by atoms with E-state index < -0.39 is 0 Å². The molecule has 6 nitrogen and oxygen atoms in total. The molecule has 2 N–H and O–H groups in total. The average Bonchev–Trinajstić information content (AvgIpc) is 2.76. The topological polar surface area (TPSA) is 83.6 Å². The molecule has 2 aromatic carbocycles. The maximum absolute atomic E-state index is 10.3. The molecule has 0 aliphatic carbocycles. The molecule has 0 amide bonds. The molecule has 6 heteroatoms. The molecule has 3 rings (SSSR count). The van der Waals surface area contributed by atoms with Gasteiger partial charge in [0, 0.05) is 22.8 Å². The summed E-state index contributed by atoms with van der Waals surface area (Å²) in [7, 11) is 3.01. The third kappa shape index (κ3) is 2.98. The Balaban J connectivity index is 2.25. The minimum absolute atomic E-state index is 0.0250. The Hall–Kier alpha value is -3.02. The summed E-state index contributed by atoms with van der Waals surface area (Å²) in [5, 5.41) is 29.2. The van der Waals surface area contributed by atoms with Gasteiger partial charge in [0.05, 0.1) is 14.2 Å². The van der Waals surface area contributed by atoms with Crippen molar-refractivity contribution in [2.75, 3.05) is 14.2 Å². The number of hydrogen-bond donors (Lipinski definition) is 2. The quantitative estimate of drug-likeness (QED) is 0.874. The van der Waals surface area contributed by atoms with E-state index in [1.807, 2.05) is 13.0 Å². The summed E-state index contributed by atoms with van der Waals surface area (Å²) in [5.41, 5.74) is 3.92. The van der Waals surface area contributed by atoms with E-state index in [4.69, 9.17) is 9.47 Å². The summed E-state index contributed by atoms with van der Waals surface area (Å²) in [6, 6.07) is 8.58. The van der Waals surface area contributed by atoms with Crippen LogP contribution in [0.5, 0.6) is 23.0 Å². The maximum Gasteiger partial charge on any atom is 0.161 e. The average molecular weight is 354 g/mol. The van der Waals surface area contributed by atoms with Crippen LogP contribution < -0.4 is 9.47 Å². The molecule has 136 valence electrons. The molecule has 0 saturated carbocycles. The molecule has 0 spiro atoms. The number of fused-ring (bicyclic) bond motifs is 1. The number of hydrogen-bond acceptors (Lipinski definition) is 6. The molecule has 0 bridgehead atoms. The molecular formula is C20H22N2O4. The number of nitrogens with zero attached hydrogens (tertiary/aromatic N) is 2. The molecule has 26 heavy (non-hydrogen) atoms. The van der Waals surface area contributed by atoms with Crippen LogP contribution in [0.4, 0.5) is 0 Å². The monoisotopic (exact) mass is 354 g/mol. The van der Waals surface area contributed by atoms with Crippen LogP contribution in [0.1, 0.15) is 42.9 Å². The maximum atomic E-state index is 10.3. The second kappa shape index (κ2) is 7.07. The Morgan fingerprint density at radius 1 is 0.962 bits per heavy atom. The number of phenolic OH excluding ortho intramolecular Hbond substituents is 2. The zero-order valence-electron chi connectivity index (χ0n) is 15.3. The molecule has 0 saturated heterocycles. The van der Waals surface area contributed by atoms with E-state index in [0.29, 0.717) is 22.8 Å². The van der Waals surface area contributed by atoms with Gasteiger partial charge in [-0.3, -0.25) is 0 Å². The highest BCUT2D eigenvalue weighted by molar-refractivity contribution is 6.16. The van der Waals surface area contributed by atoms with Gasteiger partial charge in [-0.2, -0.15) is 5.10 Å². The van der Waals surface area contributed by atoms with Crippen molar-refractivity contribution < 1.29 is 19.7 Å². The second-order valence-electron chi connectivity index (χ2n) is 6.15. The van der Waals surface area contributed by atoms with Crippen LogP contribution in [0.15, 0.2) is 40.5 Å². The van der Waals surface area contributed by atoms with Crippen molar-refractivity contribution in [1.29, 1.82) is 0 Å². The van der Waals surface area contributed by atoms with Gasteiger partial charge in [-0.15, -0.1) is 5.10 Å². The third-order valence-corrected chi connectivity index (χ3v) is 4.65. The van der Waals surface area contributed by atoms with Gasteiger partial charge in [-0.25, -0.2) is 0 Å². The van der Waals surface area contributed by atoms with E-state index in [9.17, 15) is 10.2 Å². The van der Waals surface area contributed by atoms with E-state index in [1.165, 1.54) is 14.2 Å². The Morgan fingerprint density at radius 2 is 1.65 bits per heavy atom. The fraction of sp³-hybridized carbons (Fsp3) is 0.300. The molecule has 1 aliphatic heterocycles. The molecule has 0 radical (unpaired) electrons. The van der Waals surface area contributed by atoms with Crippen LogP contribution >= 0.6 is 0 Å². The smallest absolute Gasteiger partial charge is 0.161 e. The van der Waals surface area contributed by atoms with Gasteiger partial charge in [0.25, 0.3) is 0 Å². The van der Waals surface area contributed by atoms with Gasteiger partial charge in [0.15, 0.2) is 23.0 Å². The van der Waals surface area contributed by atoms with Crippen molar-refractivity contribution in [2.24, 2.45) is 10.2 Å². The van der Waals surface area contributed by atoms with Crippen LogP contribution in [0.3, 0.4) is 0 Å². The van der Waals surface area contributed by atoms with E-state index >= 15 is 0 Å².